The van der Waals surface area contributed by atoms with E-state index in [1.54, 1.807) is 12.1 Å². The lowest BCUT2D eigenvalue weighted by atomic mass is 9.92. The van der Waals surface area contributed by atoms with Crippen molar-refractivity contribution in [3.05, 3.63) is 58.0 Å². The predicted molar refractivity (Wildman–Crippen MR) is 65.4 cm³/mol. The Kier molecular flexibility index (Phi) is 3.82. The average molecular weight is 218 g/mol. The van der Waals surface area contributed by atoms with Gasteiger partial charge in [0.2, 0.25) is 0 Å². The van der Waals surface area contributed by atoms with Crippen LogP contribution in [0.5, 0.6) is 0 Å². The van der Waals surface area contributed by atoms with Crippen LogP contribution in [0.3, 0.4) is 0 Å². The molecule has 1 radical (unpaired) electrons. The number of hydrogen-bond acceptors (Lipinski definition) is 2. The second-order valence-electron chi connectivity index (χ2n) is 4.04. The largest absolute Gasteiger partial charge is 0.276 e. The Labute approximate surface area is 95.9 Å². The standard InChI is InChI=1S/C13H16NO2/c1-5-10(4)12-8-6-7-11(9(2)3)13(12)14(15)16/h5-9H,1H2,2-4H3. The van der Waals surface area contributed by atoms with Crippen LogP contribution < -0.4 is 0 Å². The van der Waals surface area contributed by atoms with Crippen molar-refractivity contribution in [2.24, 2.45) is 0 Å². The second kappa shape index (κ2) is 4.92. The van der Waals surface area contributed by atoms with Crippen molar-refractivity contribution in [3.8, 4) is 0 Å². The van der Waals surface area contributed by atoms with Crippen molar-refractivity contribution in [3.63, 3.8) is 0 Å². The summed E-state index contributed by atoms with van der Waals surface area (Å²) in [4.78, 5) is 10.8. The van der Waals surface area contributed by atoms with Crippen molar-refractivity contribution < 1.29 is 4.92 Å². The lowest BCUT2D eigenvalue weighted by Crippen LogP contribution is -2.03. The zero-order chi connectivity index (χ0) is 12.3. The Morgan fingerprint density at radius 2 is 2.12 bits per heavy atom. The van der Waals surface area contributed by atoms with E-state index in [4.69, 9.17) is 0 Å². The topological polar surface area (TPSA) is 43.1 Å². The van der Waals surface area contributed by atoms with E-state index in [1.807, 2.05) is 32.9 Å². The zero-order valence-electron chi connectivity index (χ0n) is 9.86. The summed E-state index contributed by atoms with van der Waals surface area (Å²) in [6.07, 6.45) is 1.65. The van der Waals surface area contributed by atoms with Crippen LogP contribution in [0.2, 0.25) is 0 Å². The molecule has 0 fully saturated rings. The summed E-state index contributed by atoms with van der Waals surface area (Å²) in [5, 5.41) is 11.1. The van der Waals surface area contributed by atoms with Gasteiger partial charge in [0.05, 0.1) is 4.92 Å². The summed E-state index contributed by atoms with van der Waals surface area (Å²) < 4.78 is 0. The van der Waals surface area contributed by atoms with Crippen LogP contribution in [0.15, 0.2) is 30.9 Å². The number of hydrogen-bond donors (Lipinski definition) is 0. The third-order valence-electron chi connectivity index (χ3n) is 2.60. The molecule has 0 N–H and O–H groups in total. The number of allylic oxidation sites excluding steroid dienone is 1. The van der Waals surface area contributed by atoms with Gasteiger partial charge in [0.1, 0.15) is 0 Å². The minimum absolute atomic E-state index is 0.137. The average Bonchev–Trinajstić information content (AvgIpc) is 2.26. The quantitative estimate of drug-likeness (QED) is 0.569. The Morgan fingerprint density at radius 3 is 2.56 bits per heavy atom. The minimum atomic E-state index is -0.308. The molecule has 0 aliphatic carbocycles. The van der Waals surface area contributed by atoms with Gasteiger partial charge in [0.15, 0.2) is 0 Å². The van der Waals surface area contributed by atoms with Gasteiger partial charge in [-0.1, -0.05) is 45.0 Å². The minimum Gasteiger partial charge on any atom is -0.258 e. The number of nitrogens with zero attached hydrogens (tertiary/aromatic N) is 1. The van der Waals surface area contributed by atoms with Gasteiger partial charge in [0, 0.05) is 17.0 Å². The highest BCUT2D eigenvalue weighted by Crippen LogP contribution is 2.33. The lowest BCUT2D eigenvalue weighted by molar-refractivity contribution is -0.386. The molecule has 0 atom stereocenters. The molecule has 0 saturated carbocycles. The molecule has 85 valence electrons. The van der Waals surface area contributed by atoms with Crippen molar-refractivity contribution in [2.45, 2.75) is 26.7 Å². The summed E-state index contributed by atoms with van der Waals surface area (Å²) in [7, 11) is 0. The van der Waals surface area contributed by atoms with E-state index in [2.05, 4.69) is 6.58 Å². The number of nitro groups is 1. The van der Waals surface area contributed by atoms with Gasteiger partial charge in [-0.25, -0.2) is 0 Å². The second-order valence-corrected chi connectivity index (χ2v) is 4.04. The van der Waals surface area contributed by atoms with Crippen LogP contribution in [0, 0.1) is 16.0 Å². The highest BCUT2D eigenvalue weighted by molar-refractivity contribution is 5.56. The summed E-state index contributed by atoms with van der Waals surface area (Å²) >= 11 is 0. The van der Waals surface area contributed by atoms with Gasteiger partial charge in [-0.05, 0) is 5.92 Å². The van der Waals surface area contributed by atoms with E-state index >= 15 is 0 Å². The third kappa shape index (κ3) is 2.30. The van der Waals surface area contributed by atoms with Crippen molar-refractivity contribution in [1.29, 1.82) is 0 Å². The molecule has 3 heteroatoms. The molecule has 0 aliphatic rings. The fourth-order valence-electron chi connectivity index (χ4n) is 1.66. The normalized spacial score (nSPS) is 10.8. The molecule has 0 aliphatic heterocycles. The van der Waals surface area contributed by atoms with Crippen molar-refractivity contribution >= 4 is 5.69 Å². The Morgan fingerprint density at radius 1 is 1.50 bits per heavy atom. The molecule has 0 unspecified atom stereocenters. The number of nitro benzene ring substituents is 1. The van der Waals surface area contributed by atoms with Crippen LogP contribution in [-0.4, -0.2) is 4.92 Å². The molecule has 0 aromatic heterocycles. The van der Waals surface area contributed by atoms with Gasteiger partial charge in [-0.3, -0.25) is 10.1 Å². The molecule has 0 amide bonds. The maximum atomic E-state index is 11.1. The molecule has 16 heavy (non-hydrogen) atoms. The first-order chi connectivity index (χ1) is 7.49. The molecule has 0 bridgehead atoms. The maximum Gasteiger partial charge on any atom is 0.276 e. The van der Waals surface area contributed by atoms with E-state index in [0.29, 0.717) is 5.56 Å². The first-order valence-corrected chi connectivity index (χ1v) is 5.22. The van der Waals surface area contributed by atoms with Crippen LogP contribution in [0.1, 0.15) is 37.8 Å². The third-order valence-corrected chi connectivity index (χ3v) is 2.60. The molecular formula is C13H16NO2. The Balaban J connectivity index is 3.44. The number of rotatable bonds is 4. The molecule has 0 spiro atoms. The molecule has 0 heterocycles. The highest BCUT2D eigenvalue weighted by Gasteiger charge is 2.23. The molecule has 1 aromatic rings. The monoisotopic (exact) mass is 218 g/mol. The van der Waals surface area contributed by atoms with Gasteiger partial charge < -0.3 is 0 Å². The Hall–Kier alpha value is -1.64. The molecule has 1 aromatic carbocycles. The zero-order valence-corrected chi connectivity index (χ0v) is 9.86. The van der Waals surface area contributed by atoms with Crippen LogP contribution in [-0.2, 0) is 0 Å². The van der Waals surface area contributed by atoms with E-state index in [-0.39, 0.29) is 16.5 Å². The van der Waals surface area contributed by atoms with Crippen molar-refractivity contribution in [1.82, 2.24) is 0 Å². The SMILES string of the molecule is C=C[C](C)c1cccc(C(C)C)c1[N+](=O)[O-]. The van der Waals surface area contributed by atoms with E-state index in [0.717, 1.165) is 11.5 Å². The van der Waals surface area contributed by atoms with Gasteiger partial charge in [0.25, 0.3) is 5.69 Å². The molecule has 0 saturated heterocycles. The van der Waals surface area contributed by atoms with E-state index in [9.17, 15) is 10.1 Å². The van der Waals surface area contributed by atoms with Crippen LogP contribution in [0.4, 0.5) is 5.69 Å². The first kappa shape index (κ1) is 12.4. The molecule has 1 rings (SSSR count). The lowest BCUT2D eigenvalue weighted by Gasteiger charge is -2.12. The van der Waals surface area contributed by atoms with E-state index < -0.39 is 0 Å². The smallest absolute Gasteiger partial charge is 0.258 e. The fraction of sp³-hybridized carbons (Fsp3) is 0.308. The van der Waals surface area contributed by atoms with Gasteiger partial charge >= 0.3 is 0 Å². The summed E-state index contributed by atoms with van der Waals surface area (Å²) in [5.74, 6) is 0.965. The summed E-state index contributed by atoms with van der Waals surface area (Å²) in [6, 6.07) is 5.42. The molecule has 3 nitrogen and oxygen atoms in total. The Bertz CT molecular complexity index is 410. The highest BCUT2D eigenvalue weighted by atomic mass is 16.6. The van der Waals surface area contributed by atoms with E-state index in [1.165, 1.54) is 0 Å². The number of benzene rings is 1. The summed E-state index contributed by atoms with van der Waals surface area (Å²) in [6.45, 7) is 9.39. The number of para-hydroxylation sites is 1. The fourth-order valence-corrected chi connectivity index (χ4v) is 1.66. The van der Waals surface area contributed by atoms with Gasteiger partial charge in [-0.15, -0.1) is 6.58 Å². The van der Waals surface area contributed by atoms with Crippen LogP contribution >= 0.6 is 0 Å². The first-order valence-electron chi connectivity index (χ1n) is 5.22. The maximum absolute atomic E-state index is 11.1. The molecular weight excluding hydrogens is 202 g/mol. The summed E-state index contributed by atoms with van der Waals surface area (Å²) in [5.41, 5.74) is 1.63. The van der Waals surface area contributed by atoms with Crippen LogP contribution in [0.25, 0.3) is 0 Å². The van der Waals surface area contributed by atoms with Crippen molar-refractivity contribution in [2.75, 3.05) is 0 Å². The van der Waals surface area contributed by atoms with Gasteiger partial charge in [-0.2, -0.15) is 0 Å². The predicted octanol–water partition coefficient (Wildman–Crippen LogP) is 3.85.